The zero-order valence-corrected chi connectivity index (χ0v) is 24.2. The number of nitrogens with zero attached hydrogens (tertiary/aromatic N) is 2. The molecule has 0 radical (unpaired) electrons. The number of alkyl halides is 3. The number of hydrogen-bond acceptors (Lipinski definition) is 7. The second-order valence-corrected chi connectivity index (χ2v) is 12.2. The molecular formula is C22H27Cl2F3N4O5S2. The third-order valence-electron chi connectivity index (χ3n) is 5.16. The van der Waals surface area contributed by atoms with E-state index in [9.17, 15) is 36.3 Å². The molecule has 0 bridgehead atoms. The maximum Gasteiger partial charge on any atom is 0.404 e. The summed E-state index contributed by atoms with van der Waals surface area (Å²) in [6.07, 6.45) is -4.84. The van der Waals surface area contributed by atoms with Crippen molar-refractivity contribution in [2.24, 2.45) is 0 Å². The van der Waals surface area contributed by atoms with Crippen LogP contribution in [-0.2, 0) is 10.0 Å². The molecule has 1 atom stereocenters. The molecule has 1 unspecified atom stereocenters. The van der Waals surface area contributed by atoms with Crippen LogP contribution in [0.15, 0.2) is 17.0 Å². The Morgan fingerprint density at radius 3 is 2.24 bits per heavy atom. The van der Waals surface area contributed by atoms with Crippen molar-refractivity contribution >= 4 is 56.4 Å². The highest BCUT2D eigenvalue weighted by Gasteiger charge is 2.39. The van der Waals surface area contributed by atoms with E-state index in [2.05, 4.69) is 10.3 Å². The highest BCUT2D eigenvalue weighted by Crippen LogP contribution is 2.42. The van der Waals surface area contributed by atoms with Crippen molar-refractivity contribution in [1.29, 1.82) is 0 Å². The van der Waals surface area contributed by atoms with Crippen LogP contribution in [0.2, 0.25) is 10.0 Å². The van der Waals surface area contributed by atoms with E-state index in [1.807, 2.05) is 0 Å². The Kier molecular flexibility index (Phi) is 10.2. The Morgan fingerprint density at radius 2 is 1.74 bits per heavy atom. The Labute approximate surface area is 232 Å². The fraction of sp³-hybridized carbons (Fsp3) is 0.500. The van der Waals surface area contributed by atoms with Crippen LogP contribution >= 0.6 is 34.5 Å². The van der Waals surface area contributed by atoms with Crippen molar-refractivity contribution in [2.75, 3.05) is 19.6 Å². The minimum Gasteiger partial charge on any atom is -0.389 e. The van der Waals surface area contributed by atoms with E-state index in [4.69, 9.17) is 23.2 Å². The van der Waals surface area contributed by atoms with Crippen molar-refractivity contribution in [1.82, 2.24) is 19.9 Å². The van der Waals surface area contributed by atoms with Crippen LogP contribution in [0.5, 0.6) is 0 Å². The van der Waals surface area contributed by atoms with E-state index in [0.717, 1.165) is 17.4 Å². The molecule has 16 heteroatoms. The fourth-order valence-corrected chi connectivity index (χ4v) is 6.21. The minimum atomic E-state index is -4.84. The number of nitrogens with one attached hydrogen (secondary N) is 2. The van der Waals surface area contributed by atoms with Crippen LogP contribution in [0.4, 0.5) is 13.2 Å². The Balaban J connectivity index is 2.63. The number of thiazole rings is 1. The third kappa shape index (κ3) is 7.57. The Morgan fingerprint density at radius 1 is 1.16 bits per heavy atom. The number of carbonyl (C=O) groups is 2. The molecule has 0 saturated carbocycles. The molecule has 9 nitrogen and oxygen atoms in total. The standard InChI is InChI=1S/C22H27Cl2F3N4O5S2/c1-6-31(7-2)20(33)16-17(37-19(29-16)18(32)28-10-21(4,5)34)12-8-9-13(15(24)14(12)23)38(35,36)30-11(3)22(25,26)27/h8-9,11,30,34H,6-7,10H2,1-5H3,(H,28,32). The summed E-state index contributed by atoms with van der Waals surface area (Å²) < 4.78 is 65.5. The van der Waals surface area contributed by atoms with E-state index in [-0.39, 0.29) is 32.7 Å². The Bertz CT molecular complexity index is 1310. The summed E-state index contributed by atoms with van der Waals surface area (Å²) in [6, 6.07) is -0.271. The highest BCUT2D eigenvalue weighted by molar-refractivity contribution is 7.89. The SMILES string of the molecule is CCN(CC)C(=O)c1nc(C(=O)NCC(C)(C)O)sc1-c1ccc(S(=O)(=O)NC(C)C(F)(F)F)c(Cl)c1Cl. The number of aromatic nitrogens is 1. The molecule has 3 N–H and O–H groups in total. The molecule has 212 valence electrons. The molecule has 38 heavy (non-hydrogen) atoms. The van der Waals surface area contributed by atoms with Gasteiger partial charge in [-0.15, -0.1) is 11.3 Å². The summed E-state index contributed by atoms with van der Waals surface area (Å²) in [5, 5.41) is 11.3. The first-order chi connectivity index (χ1) is 17.3. The quantitative estimate of drug-likeness (QED) is 0.363. The summed E-state index contributed by atoms with van der Waals surface area (Å²) in [4.78, 5) is 30.9. The van der Waals surface area contributed by atoms with E-state index in [1.165, 1.54) is 29.5 Å². The smallest absolute Gasteiger partial charge is 0.389 e. The zero-order chi connectivity index (χ0) is 29.2. The highest BCUT2D eigenvalue weighted by atomic mass is 35.5. The van der Waals surface area contributed by atoms with Crippen molar-refractivity contribution in [3.8, 4) is 10.4 Å². The monoisotopic (exact) mass is 618 g/mol. The van der Waals surface area contributed by atoms with Crippen LogP contribution in [0.25, 0.3) is 10.4 Å². The first kappa shape index (κ1) is 32.2. The first-order valence-corrected chi connectivity index (χ1v) is 14.3. The predicted octanol–water partition coefficient (Wildman–Crippen LogP) is 4.33. The van der Waals surface area contributed by atoms with E-state index in [1.54, 1.807) is 13.8 Å². The van der Waals surface area contributed by atoms with Crippen molar-refractivity contribution < 1.29 is 36.3 Å². The molecule has 2 aromatic rings. The van der Waals surface area contributed by atoms with Crippen molar-refractivity contribution in [3.05, 3.63) is 32.9 Å². The molecular weight excluding hydrogens is 592 g/mol. The second kappa shape index (κ2) is 12.0. The molecule has 0 fully saturated rings. The minimum absolute atomic E-state index is 0.0500. The lowest BCUT2D eigenvalue weighted by molar-refractivity contribution is -0.147. The molecule has 2 rings (SSSR count). The number of halogens is 5. The van der Waals surface area contributed by atoms with E-state index in [0.29, 0.717) is 20.0 Å². The number of hydrogen-bond donors (Lipinski definition) is 3. The predicted molar refractivity (Wildman–Crippen MR) is 139 cm³/mol. The number of carbonyl (C=O) groups excluding carboxylic acids is 2. The van der Waals surface area contributed by atoms with Gasteiger partial charge in [-0.25, -0.2) is 13.4 Å². The summed E-state index contributed by atoms with van der Waals surface area (Å²) in [7, 11) is -4.73. The van der Waals surface area contributed by atoms with E-state index < -0.39 is 49.6 Å². The summed E-state index contributed by atoms with van der Waals surface area (Å²) in [5.41, 5.74) is -1.32. The van der Waals surface area contributed by atoms with Crippen molar-refractivity contribution in [2.45, 2.75) is 57.3 Å². The van der Waals surface area contributed by atoms with Gasteiger partial charge in [0.25, 0.3) is 11.8 Å². The molecule has 1 aromatic carbocycles. The number of sulfonamides is 1. The number of amides is 2. The lowest BCUT2D eigenvalue weighted by atomic mass is 10.1. The Hall–Kier alpha value is -1.97. The molecule has 0 spiro atoms. The molecule has 2 amide bonds. The lowest BCUT2D eigenvalue weighted by Gasteiger charge is -2.19. The number of aliphatic hydroxyl groups is 1. The zero-order valence-electron chi connectivity index (χ0n) is 21.0. The van der Waals surface area contributed by atoms with Gasteiger partial charge in [0, 0.05) is 25.2 Å². The van der Waals surface area contributed by atoms with Gasteiger partial charge in [0.15, 0.2) is 5.01 Å². The fourth-order valence-electron chi connectivity index (χ4n) is 3.06. The van der Waals surface area contributed by atoms with Crippen LogP contribution in [0.3, 0.4) is 0 Å². The van der Waals surface area contributed by atoms with Gasteiger partial charge in [0.2, 0.25) is 10.0 Å². The molecule has 1 aromatic heterocycles. The van der Waals surface area contributed by atoms with Gasteiger partial charge < -0.3 is 15.3 Å². The third-order valence-corrected chi connectivity index (χ3v) is 8.82. The van der Waals surface area contributed by atoms with Gasteiger partial charge in [-0.3, -0.25) is 9.59 Å². The van der Waals surface area contributed by atoms with Gasteiger partial charge in [0.05, 0.1) is 20.5 Å². The van der Waals surface area contributed by atoms with Crippen molar-refractivity contribution in [3.63, 3.8) is 0 Å². The van der Waals surface area contributed by atoms with E-state index >= 15 is 0 Å². The first-order valence-electron chi connectivity index (χ1n) is 11.2. The summed E-state index contributed by atoms with van der Waals surface area (Å²) in [5.74, 6) is -1.21. The van der Waals surface area contributed by atoms with Crippen LogP contribution < -0.4 is 10.0 Å². The molecule has 1 heterocycles. The lowest BCUT2D eigenvalue weighted by Crippen LogP contribution is -2.43. The maximum absolute atomic E-state index is 13.2. The van der Waals surface area contributed by atoms with Gasteiger partial charge in [0.1, 0.15) is 16.6 Å². The van der Waals surface area contributed by atoms with Crippen LogP contribution in [0, 0.1) is 0 Å². The van der Waals surface area contributed by atoms with Gasteiger partial charge >= 0.3 is 6.18 Å². The molecule has 0 saturated heterocycles. The summed E-state index contributed by atoms with van der Waals surface area (Å²) >= 11 is 13.4. The van der Waals surface area contributed by atoms with Crippen LogP contribution in [-0.4, -0.2) is 72.7 Å². The van der Waals surface area contributed by atoms with Gasteiger partial charge in [-0.2, -0.15) is 17.9 Å². The maximum atomic E-state index is 13.2. The average molecular weight is 620 g/mol. The average Bonchev–Trinajstić information content (AvgIpc) is 3.23. The normalized spacial score (nSPS) is 13.3. The number of rotatable bonds is 10. The van der Waals surface area contributed by atoms with Crippen LogP contribution in [0.1, 0.15) is 54.9 Å². The largest absolute Gasteiger partial charge is 0.404 e. The molecule has 0 aliphatic heterocycles. The molecule has 0 aliphatic rings. The summed E-state index contributed by atoms with van der Waals surface area (Å²) in [6.45, 7) is 7.61. The topological polar surface area (TPSA) is 129 Å². The number of benzene rings is 1. The second-order valence-electron chi connectivity index (χ2n) is 8.79. The molecule has 0 aliphatic carbocycles. The van der Waals surface area contributed by atoms with Gasteiger partial charge in [-0.05, 0) is 40.7 Å². The van der Waals surface area contributed by atoms with Gasteiger partial charge in [-0.1, -0.05) is 29.3 Å².